The number of carbonyl (C=O) groups is 1. The summed E-state index contributed by atoms with van der Waals surface area (Å²) in [5.74, 6) is -0.0756. The number of hydrogen-bond acceptors (Lipinski definition) is 3. The van der Waals surface area contributed by atoms with Gasteiger partial charge in [0.25, 0.3) is 0 Å². The van der Waals surface area contributed by atoms with Crippen LogP contribution in [-0.2, 0) is 19.7 Å². The number of hydrogen-bond donors (Lipinski definition) is 1. The second-order valence-electron chi connectivity index (χ2n) is 5.11. The standard InChI is InChI=1S/C15H20BrNO3/c1-19-10-14(18)17-11-15(5-7-20-8-6-15)12-3-2-4-13(16)9-12/h2-4,9H,5-8,10-11H2,1H3,(H,17,18). The van der Waals surface area contributed by atoms with Gasteiger partial charge in [0.2, 0.25) is 5.91 Å². The lowest BCUT2D eigenvalue weighted by molar-refractivity contribution is -0.125. The maximum Gasteiger partial charge on any atom is 0.246 e. The van der Waals surface area contributed by atoms with Gasteiger partial charge in [0.1, 0.15) is 6.61 Å². The molecular weight excluding hydrogens is 322 g/mol. The summed E-state index contributed by atoms with van der Waals surface area (Å²) in [5.41, 5.74) is 1.19. The van der Waals surface area contributed by atoms with Crippen molar-refractivity contribution in [3.05, 3.63) is 34.3 Å². The Morgan fingerprint density at radius 1 is 1.45 bits per heavy atom. The zero-order valence-electron chi connectivity index (χ0n) is 11.7. The van der Waals surface area contributed by atoms with Gasteiger partial charge in [0, 0.05) is 36.8 Å². The van der Waals surface area contributed by atoms with Crippen molar-refractivity contribution < 1.29 is 14.3 Å². The van der Waals surface area contributed by atoms with Crippen LogP contribution in [0.25, 0.3) is 0 Å². The van der Waals surface area contributed by atoms with Gasteiger partial charge in [0.15, 0.2) is 0 Å². The third kappa shape index (κ3) is 3.81. The lowest BCUT2D eigenvalue weighted by atomic mass is 9.74. The lowest BCUT2D eigenvalue weighted by Gasteiger charge is -2.38. The van der Waals surface area contributed by atoms with Crippen molar-refractivity contribution in [2.24, 2.45) is 0 Å². The Labute approximate surface area is 128 Å². The molecule has 1 amide bonds. The summed E-state index contributed by atoms with van der Waals surface area (Å²) in [6.45, 7) is 2.18. The Balaban J connectivity index is 2.15. The van der Waals surface area contributed by atoms with Crippen LogP contribution in [0, 0.1) is 0 Å². The molecule has 0 aliphatic carbocycles. The summed E-state index contributed by atoms with van der Waals surface area (Å²) in [5, 5.41) is 2.98. The fourth-order valence-corrected chi connectivity index (χ4v) is 3.00. The molecule has 1 aliphatic heterocycles. The van der Waals surface area contributed by atoms with Gasteiger partial charge in [0.05, 0.1) is 0 Å². The number of nitrogens with one attached hydrogen (secondary N) is 1. The van der Waals surface area contributed by atoms with E-state index in [1.54, 1.807) is 0 Å². The van der Waals surface area contributed by atoms with Crippen molar-refractivity contribution >= 4 is 21.8 Å². The number of rotatable bonds is 5. The molecule has 0 spiro atoms. The summed E-state index contributed by atoms with van der Waals surface area (Å²) in [6.07, 6.45) is 1.83. The Kier molecular flexibility index (Phi) is 5.57. The van der Waals surface area contributed by atoms with Crippen LogP contribution in [0.4, 0.5) is 0 Å². The number of halogens is 1. The molecule has 1 aliphatic rings. The van der Waals surface area contributed by atoms with Crippen LogP contribution >= 0.6 is 15.9 Å². The van der Waals surface area contributed by atoms with Crippen molar-refractivity contribution in [1.82, 2.24) is 5.32 Å². The van der Waals surface area contributed by atoms with Crippen molar-refractivity contribution in [3.63, 3.8) is 0 Å². The van der Waals surface area contributed by atoms with Crippen LogP contribution in [0.15, 0.2) is 28.7 Å². The maximum atomic E-state index is 11.6. The predicted molar refractivity (Wildman–Crippen MR) is 80.8 cm³/mol. The smallest absolute Gasteiger partial charge is 0.246 e. The van der Waals surface area contributed by atoms with Gasteiger partial charge in [-0.15, -0.1) is 0 Å². The molecule has 0 aromatic heterocycles. The quantitative estimate of drug-likeness (QED) is 0.893. The first-order chi connectivity index (χ1) is 9.66. The molecule has 1 aromatic carbocycles. The number of amides is 1. The summed E-state index contributed by atoms with van der Waals surface area (Å²) in [7, 11) is 1.53. The van der Waals surface area contributed by atoms with E-state index in [0.29, 0.717) is 6.54 Å². The van der Waals surface area contributed by atoms with Crippen LogP contribution in [0.3, 0.4) is 0 Å². The van der Waals surface area contributed by atoms with Crippen molar-refractivity contribution in [1.29, 1.82) is 0 Å². The fraction of sp³-hybridized carbons (Fsp3) is 0.533. The fourth-order valence-electron chi connectivity index (χ4n) is 2.60. The third-order valence-electron chi connectivity index (χ3n) is 3.79. The number of ether oxygens (including phenoxy) is 2. The zero-order valence-corrected chi connectivity index (χ0v) is 13.2. The molecule has 0 radical (unpaired) electrons. The summed E-state index contributed by atoms with van der Waals surface area (Å²) >= 11 is 3.52. The number of methoxy groups -OCH3 is 1. The highest BCUT2D eigenvalue weighted by Gasteiger charge is 2.34. The minimum atomic E-state index is -0.0756. The molecule has 110 valence electrons. The first-order valence-corrected chi connectivity index (χ1v) is 7.55. The van der Waals surface area contributed by atoms with Gasteiger partial charge in [-0.25, -0.2) is 0 Å². The minimum Gasteiger partial charge on any atom is -0.381 e. The molecule has 0 unspecified atom stereocenters. The van der Waals surface area contributed by atoms with Crippen molar-refractivity contribution in [3.8, 4) is 0 Å². The van der Waals surface area contributed by atoms with Gasteiger partial charge < -0.3 is 14.8 Å². The number of carbonyl (C=O) groups excluding carboxylic acids is 1. The first kappa shape index (κ1) is 15.5. The van der Waals surface area contributed by atoms with E-state index in [-0.39, 0.29) is 17.9 Å². The van der Waals surface area contributed by atoms with E-state index in [1.165, 1.54) is 12.7 Å². The van der Waals surface area contributed by atoms with E-state index in [1.807, 2.05) is 12.1 Å². The molecule has 1 N–H and O–H groups in total. The molecule has 20 heavy (non-hydrogen) atoms. The van der Waals surface area contributed by atoms with Crippen molar-refractivity contribution in [2.45, 2.75) is 18.3 Å². The van der Waals surface area contributed by atoms with Crippen molar-refractivity contribution in [2.75, 3.05) is 33.5 Å². The lowest BCUT2D eigenvalue weighted by Crippen LogP contribution is -2.45. The Hall–Kier alpha value is -0.910. The van der Waals surface area contributed by atoms with Gasteiger partial charge in [-0.2, -0.15) is 0 Å². The highest BCUT2D eigenvalue weighted by molar-refractivity contribution is 9.10. The number of benzene rings is 1. The van der Waals surface area contributed by atoms with E-state index >= 15 is 0 Å². The highest BCUT2D eigenvalue weighted by Crippen LogP contribution is 2.35. The molecule has 5 heteroatoms. The molecule has 1 saturated heterocycles. The Morgan fingerprint density at radius 2 is 2.20 bits per heavy atom. The van der Waals surface area contributed by atoms with E-state index in [4.69, 9.17) is 9.47 Å². The van der Waals surface area contributed by atoms with E-state index in [2.05, 4.69) is 33.4 Å². The van der Waals surface area contributed by atoms with E-state index in [0.717, 1.165) is 30.5 Å². The molecular formula is C15H20BrNO3. The summed E-state index contributed by atoms with van der Waals surface area (Å²) < 4.78 is 11.4. The van der Waals surface area contributed by atoms with Crippen LogP contribution in [0.1, 0.15) is 18.4 Å². The summed E-state index contributed by atoms with van der Waals surface area (Å²) in [6, 6.07) is 8.31. The average Bonchev–Trinajstić information content (AvgIpc) is 2.46. The second kappa shape index (κ2) is 7.20. The zero-order chi connectivity index (χ0) is 14.4. The van der Waals surface area contributed by atoms with E-state index < -0.39 is 0 Å². The summed E-state index contributed by atoms with van der Waals surface area (Å²) in [4.78, 5) is 11.6. The van der Waals surface area contributed by atoms with Crippen LogP contribution < -0.4 is 5.32 Å². The first-order valence-electron chi connectivity index (χ1n) is 6.76. The largest absolute Gasteiger partial charge is 0.381 e. The predicted octanol–water partition coefficient (Wildman–Crippen LogP) is 2.26. The second-order valence-corrected chi connectivity index (χ2v) is 6.03. The van der Waals surface area contributed by atoms with Crippen LogP contribution in [0.2, 0.25) is 0 Å². The monoisotopic (exact) mass is 341 g/mol. The van der Waals surface area contributed by atoms with Gasteiger partial charge in [-0.05, 0) is 30.5 Å². The molecule has 0 atom stereocenters. The van der Waals surface area contributed by atoms with Gasteiger partial charge >= 0.3 is 0 Å². The minimum absolute atomic E-state index is 0.0502. The average molecular weight is 342 g/mol. The van der Waals surface area contributed by atoms with E-state index in [9.17, 15) is 4.79 Å². The molecule has 4 nitrogen and oxygen atoms in total. The molecule has 2 rings (SSSR count). The SMILES string of the molecule is COCC(=O)NCC1(c2cccc(Br)c2)CCOCC1. The molecule has 0 saturated carbocycles. The normalized spacial score (nSPS) is 17.7. The molecule has 1 aromatic rings. The highest BCUT2D eigenvalue weighted by atomic mass is 79.9. The molecule has 1 heterocycles. The van der Waals surface area contributed by atoms with Crippen LogP contribution in [0.5, 0.6) is 0 Å². The third-order valence-corrected chi connectivity index (χ3v) is 4.28. The van der Waals surface area contributed by atoms with Gasteiger partial charge in [-0.3, -0.25) is 4.79 Å². The molecule has 1 fully saturated rings. The topological polar surface area (TPSA) is 47.6 Å². The van der Waals surface area contributed by atoms with Crippen LogP contribution in [-0.4, -0.2) is 39.4 Å². The maximum absolute atomic E-state index is 11.6. The van der Waals surface area contributed by atoms with Gasteiger partial charge in [-0.1, -0.05) is 28.1 Å². The Bertz CT molecular complexity index is 458. The Morgan fingerprint density at radius 3 is 2.85 bits per heavy atom. The molecule has 0 bridgehead atoms.